The van der Waals surface area contributed by atoms with Crippen LogP contribution in [0.15, 0.2) is 42.6 Å². The van der Waals surface area contributed by atoms with Crippen molar-refractivity contribution in [2.24, 2.45) is 5.92 Å². The van der Waals surface area contributed by atoms with Crippen molar-refractivity contribution < 1.29 is 19.1 Å². The summed E-state index contributed by atoms with van der Waals surface area (Å²) in [6, 6.07) is 10.4. The minimum atomic E-state index is -0.373. The van der Waals surface area contributed by atoms with Crippen LogP contribution in [0.4, 0.5) is 11.5 Å². The summed E-state index contributed by atoms with van der Waals surface area (Å²) in [5, 5.41) is 2.94. The molecule has 0 saturated carbocycles. The van der Waals surface area contributed by atoms with Gasteiger partial charge in [0.1, 0.15) is 5.82 Å². The van der Waals surface area contributed by atoms with Gasteiger partial charge in [0, 0.05) is 49.5 Å². The Kier molecular flexibility index (Phi) is 7.22. The average molecular weight is 451 g/mol. The lowest BCUT2D eigenvalue weighted by Crippen LogP contribution is -2.38. The van der Waals surface area contributed by atoms with Gasteiger partial charge in [0.2, 0.25) is 5.91 Å². The molecule has 2 amide bonds. The lowest BCUT2D eigenvalue weighted by molar-refractivity contribution is -0.120. The van der Waals surface area contributed by atoms with E-state index in [9.17, 15) is 14.4 Å². The zero-order chi connectivity index (χ0) is 23.2. The number of carbonyl (C=O) groups is 3. The number of likely N-dealkylation sites (tertiary alicyclic amines) is 1. The maximum Gasteiger partial charge on any atom is 0.338 e. The molecule has 0 unspecified atom stereocenters. The molecule has 0 atom stereocenters. The molecule has 1 aromatic carbocycles. The minimum absolute atomic E-state index is 0.0237. The normalized spacial score (nSPS) is 16.5. The Morgan fingerprint density at radius 1 is 1.00 bits per heavy atom. The van der Waals surface area contributed by atoms with E-state index < -0.39 is 0 Å². The summed E-state index contributed by atoms with van der Waals surface area (Å²) in [5.74, 6) is 0.361. The predicted molar refractivity (Wildman–Crippen MR) is 125 cm³/mol. The molecule has 4 rings (SSSR count). The van der Waals surface area contributed by atoms with Gasteiger partial charge in [0.05, 0.1) is 12.2 Å². The van der Waals surface area contributed by atoms with E-state index in [4.69, 9.17) is 4.74 Å². The summed E-state index contributed by atoms with van der Waals surface area (Å²) in [6.07, 6.45) is 5.23. The van der Waals surface area contributed by atoms with E-state index in [-0.39, 0.29) is 23.7 Å². The summed E-state index contributed by atoms with van der Waals surface area (Å²) in [5.41, 5.74) is 1.79. The van der Waals surface area contributed by atoms with Gasteiger partial charge >= 0.3 is 5.97 Å². The molecule has 8 nitrogen and oxygen atoms in total. The zero-order valence-corrected chi connectivity index (χ0v) is 19.0. The summed E-state index contributed by atoms with van der Waals surface area (Å²) in [6.45, 7) is 5.14. The van der Waals surface area contributed by atoms with Gasteiger partial charge in [-0.25, -0.2) is 9.78 Å². The molecule has 2 fully saturated rings. The van der Waals surface area contributed by atoms with Crippen molar-refractivity contribution in [1.82, 2.24) is 9.88 Å². The highest BCUT2D eigenvalue weighted by Crippen LogP contribution is 2.24. The van der Waals surface area contributed by atoms with E-state index in [0.29, 0.717) is 49.4 Å². The molecule has 0 aliphatic carbocycles. The molecule has 1 N–H and O–H groups in total. The molecule has 0 bridgehead atoms. The first-order valence-corrected chi connectivity index (χ1v) is 11.6. The van der Waals surface area contributed by atoms with E-state index in [1.165, 1.54) is 0 Å². The van der Waals surface area contributed by atoms with Crippen LogP contribution in [0.3, 0.4) is 0 Å². The lowest BCUT2D eigenvalue weighted by Gasteiger charge is -2.32. The van der Waals surface area contributed by atoms with E-state index in [1.54, 1.807) is 43.5 Å². The molecule has 2 saturated heterocycles. The quantitative estimate of drug-likeness (QED) is 0.679. The smallest absolute Gasteiger partial charge is 0.338 e. The number of nitrogens with zero attached hydrogens (tertiary/aromatic N) is 3. The summed E-state index contributed by atoms with van der Waals surface area (Å²) < 4.78 is 4.98. The van der Waals surface area contributed by atoms with Crippen molar-refractivity contribution in [3.8, 4) is 0 Å². The number of anilines is 2. The van der Waals surface area contributed by atoms with Crippen molar-refractivity contribution in [3.63, 3.8) is 0 Å². The summed E-state index contributed by atoms with van der Waals surface area (Å²) in [4.78, 5) is 45.7. The minimum Gasteiger partial charge on any atom is -0.462 e. The second-order valence-corrected chi connectivity index (χ2v) is 8.45. The molecule has 33 heavy (non-hydrogen) atoms. The third-order valence-corrected chi connectivity index (χ3v) is 6.24. The number of esters is 1. The fraction of sp³-hybridized carbons (Fsp3) is 0.440. The first-order valence-electron chi connectivity index (χ1n) is 11.6. The maximum atomic E-state index is 12.7. The van der Waals surface area contributed by atoms with Gasteiger partial charge in [-0.15, -0.1) is 0 Å². The van der Waals surface area contributed by atoms with E-state index in [0.717, 1.165) is 31.7 Å². The van der Waals surface area contributed by atoms with Crippen molar-refractivity contribution in [2.45, 2.75) is 32.6 Å². The van der Waals surface area contributed by atoms with Crippen molar-refractivity contribution >= 4 is 29.3 Å². The number of aromatic nitrogens is 1. The zero-order valence-electron chi connectivity index (χ0n) is 19.0. The lowest BCUT2D eigenvalue weighted by atomic mass is 9.95. The second-order valence-electron chi connectivity index (χ2n) is 8.45. The average Bonchev–Trinajstić information content (AvgIpc) is 3.39. The highest BCUT2D eigenvalue weighted by atomic mass is 16.5. The topological polar surface area (TPSA) is 91.8 Å². The Bertz CT molecular complexity index is 994. The molecule has 1 aromatic heterocycles. The predicted octanol–water partition coefficient (Wildman–Crippen LogP) is 3.35. The number of pyridine rings is 1. The molecular formula is C25H30N4O4. The largest absolute Gasteiger partial charge is 0.462 e. The molecule has 3 heterocycles. The number of hydrogen-bond donors (Lipinski definition) is 1. The Balaban J connectivity index is 1.30. The number of nitrogens with one attached hydrogen (secondary N) is 1. The van der Waals surface area contributed by atoms with Crippen LogP contribution in [0, 0.1) is 5.92 Å². The van der Waals surface area contributed by atoms with Crippen LogP contribution in [0.1, 0.15) is 53.3 Å². The van der Waals surface area contributed by atoms with Crippen molar-refractivity contribution in [1.29, 1.82) is 0 Å². The van der Waals surface area contributed by atoms with Gasteiger partial charge in [-0.05, 0) is 69.0 Å². The first kappa shape index (κ1) is 22.8. The highest BCUT2D eigenvalue weighted by Gasteiger charge is 2.27. The highest BCUT2D eigenvalue weighted by molar-refractivity contribution is 5.95. The summed E-state index contributed by atoms with van der Waals surface area (Å²) in [7, 11) is 0. The SMILES string of the molecule is CCOC(=O)c1ccc(NC(=O)C2CCN(c3cc(C(=O)N4CCCC4)ccn3)CC2)cc1. The number of hydrogen-bond acceptors (Lipinski definition) is 6. The van der Waals surface area contributed by atoms with E-state index >= 15 is 0 Å². The Morgan fingerprint density at radius 2 is 1.70 bits per heavy atom. The Hall–Kier alpha value is -3.42. The molecule has 2 aliphatic rings. The summed E-state index contributed by atoms with van der Waals surface area (Å²) >= 11 is 0. The van der Waals surface area contributed by atoms with Crippen LogP contribution in [-0.4, -0.2) is 60.5 Å². The number of rotatable bonds is 6. The van der Waals surface area contributed by atoms with Crippen LogP contribution in [-0.2, 0) is 9.53 Å². The third kappa shape index (κ3) is 5.50. The van der Waals surface area contributed by atoms with Gasteiger partial charge in [-0.2, -0.15) is 0 Å². The number of carbonyl (C=O) groups excluding carboxylic acids is 3. The third-order valence-electron chi connectivity index (χ3n) is 6.24. The number of benzene rings is 1. The van der Waals surface area contributed by atoms with Crippen LogP contribution in [0.2, 0.25) is 0 Å². The number of ether oxygens (including phenoxy) is 1. The van der Waals surface area contributed by atoms with Gasteiger partial charge in [0.25, 0.3) is 5.91 Å². The monoisotopic (exact) mass is 450 g/mol. The standard InChI is InChI=1S/C25H30N4O4/c1-2-33-25(32)19-5-7-21(8-6-19)27-23(30)18-10-15-28(16-11-18)22-17-20(9-12-26-22)24(31)29-13-3-4-14-29/h5-9,12,17-18H,2-4,10-11,13-16H2,1H3,(H,27,30). The molecular weight excluding hydrogens is 420 g/mol. The number of amides is 2. The first-order chi connectivity index (χ1) is 16.0. The van der Waals surface area contributed by atoms with Gasteiger partial charge in [-0.3, -0.25) is 9.59 Å². The van der Waals surface area contributed by atoms with E-state index in [2.05, 4.69) is 15.2 Å². The molecule has 2 aliphatic heterocycles. The van der Waals surface area contributed by atoms with Crippen LogP contribution < -0.4 is 10.2 Å². The fourth-order valence-corrected chi connectivity index (χ4v) is 4.35. The molecule has 0 spiro atoms. The fourth-order valence-electron chi connectivity index (χ4n) is 4.35. The van der Waals surface area contributed by atoms with Gasteiger partial charge in [-0.1, -0.05) is 0 Å². The molecule has 0 radical (unpaired) electrons. The van der Waals surface area contributed by atoms with E-state index in [1.807, 2.05) is 11.0 Å². The maximum absolute atomic E-state index is 12.7. The second kappa shape index (κ2) is 10.5. The van der Waals surface area contributed by atoms with Crippen LogP contribution >= 0.6 is 0 Å². The molecule has 8 heteroatoms. The van der Waals surface area contributed by atoms with Gasteiger partial charge in [0.15, 0.2) is 0 Å². The van der Waals surface area contributed by atoms with Crippen LogP contribution in [0.5, 0.6) is 0 Å². The van der Waals surface area contributed by atoms with Crippen molar-refractivity contribution in [2.75, 3.05) is 43.0 Å². The molecule has 174 valence electrons. The Morgan fingerprint density at radius 3 is 2.36 bits per heavy atom. The number of piperidine rings is 1. The van der Waals surface area contributed by atoms with Crippen molar-refractivity contribution in [3.05, 3.63) is 53.7 Å². The molecule has 2 aromatic rings. The Labute approximate surface area is 193 Å². The van der Waals surface area contributed by atoms with Gasteiger partial charge < -0.3 is 19.9 Å². The van der Waals surface area contributed by atoms with Crippen LogP contribution in [0.25, 0.3) is 0 Å².